The molecule has 0 saturated heterocycles. The number of amides is 2. The number of aromatic nitrogens is 1. The van der Waals surface area contributed by atoms with Crippen molar-refractivity contribution in [3.8, 4) is 0 Å². The standard InChI is InChI=1S/C28H22F3N3O2S/c1-19(35)34(24-12-7-11-22(17-24)28(29,30)31)27-32-23(18-37-27)14-15-26(36)33-25-13-6-5-10-21(25)16-20-8-3-2-4-9-20/h2-15,17-18H,16H2,1H3,(H,33,36)/b15-14+. The summed E-state index contributed by atoms with van der Waals surface area (Å²) in [5, 5.41) is 4.69. The van der Waals surface area contributed by atoms with Gasteiger partial charge in [0, 0.05) is 24.1 Å². The Labute approximate surface area is 215 Å². The lowest BCUT2D eigenvalue weighted by atomic mass is 10.0. The van der Waals surface area contributed by atoms with Gasteiger partial charge in [-0.05, 0) is 47.9 Å². The second-order valence-electron chi connectivity index (χ2n) is 8.10. The van der Waals surface area contributed by atoms with Crippen molar-refractivity contribution in [3.05, 3.63) is 113 Å². The number of thiazole rings is 1. The molecular weight excluding hydrogens is 499 g/mol. The lowest BCUT2D eigenvalue weighted by Gasteiger charge is -2.19. The van der Waals surface area contributed by atoms with Gasteiger partial charge in [0.05, 0.1) is 16.9 Å². The number of carbonyl (C=O) groups is 2. The van der Waals surface area contributed by atoms with Gasteiger partial charge in [-0.3, -0.25) is 14.5 Å². The van der Waals surface area contributed by atoms with E-state index in [9.17, 15) is 22.8 Å². The Hall–Kier alpha value is -4.24. The van der Waals surface area contributed by atoms with E-state index in [1.165, 1.54) is 31.2 Å². The molecule has 0 bridgehead atoms. The van der Waals surface area contributed by atoms with Gasteiger partial charge < -0.3 is 5.32 Å². The number of alkyl halides is 3. The Balaban J connectivity index is 1.48. The molecule has 0 aliphatic rings. The van der Waals surface area contributed by atoms with E-state index < -0.39 is 17.6 Å². The SMILES string of the molecule is CC(=O)N(c1cccc(C(F)(F)F)c1)c1nc(/C=C/C(=O)Nc2ccccc2Cc2ccccc2)cs1. The van der Waals surface area contributed by atoms with Crippen molar-refractivity contribution in [3.63, 3.8) is 0 Å². The van der Waals surface area contributed by atoms with E-state index in [4.69, 9.17) is 0 Å². The van der Waals surface area contributed by atoms with Gasteiger partial charge in [-0.2, -0.15) is 13.2 Å². The summed E-state index contributed by atoms with van der Waals surface area (Å²) in [4.78, 5) is 30.3. The summed E-state index contributed by atoms with van der Waals surface area (Å²) in [6, 6.07) is 21.9. The number of halogens is 3. The van der Waals surface area contributed by atoms with E-state index in [-0.39, 0.29) is 16.7 Å². The second kappa shape index (κ2) is 11.2. The topological polar surface area (TPSA) is 62.3 Å². The minimum atomic E-state index is -4.54. The van der Waals surface area contributed by atoms with Crippen molar-refractivity contribution in [1.29, 1.82) is 0 Å². The molecule has 1 heterocycles. The van der Waals surface area contributed by atoms with Crippen LogP contribution in [0.15, 0.2) is 90.3 Å². The Morgan fingerprint density at radius 3 is 2.46 bits per heavy atom. The maximum absolute atomic E-state index is 13.1. The van der Waals surface area contributed by atoms with Crippen molar-refractivity contribution in [2.24, 2.45) is 0 Å². The van der Waals surface area contributed by atoms with E-state index in [0.29, 0.717) is 17.8 Å². The highest BCUT2D eigenvalue weighted by atomic mass is 32.1. The molecular formula is C28H22F3N3O2S. The first-order valence-electron chi connectivity index (χ1n) is 11.2. The normalized spacial score (nSPS) is 11.5. The van der Waals surface area contributed by atoms with Crippen LogP contribution in [0.1, 0.15) is 29.3 Å². The average Bonchev–Trinajstić information content (AvgIpc) is 3.32. The van der Waals surface area contributed by atoms with Gasteiger partial charge in [0.1, 0.15) is 0 Å². The average molecular weight is 522 g/mol. The monoisotopic (exact) mass is 521 g/mol. The molecule has 0 radical (unpaired) electrons. The minimum absolute atomic E-state index is 0.0555. The lowest BCUT2D eigenvalue weighted by Crippen LogP contribution is -2.23. The summed E-state index contributed by atoms with van der Waals surface area (Å²) in [7, 11) is 0. The van der Waals surface area contributed by atoms with Crippen LogP contribution in [0.5, 0.6) is 0 Å². The molecule has 4 rings (SSSR count). The zero-order valence-electron chi connectivity index (χ0n) is 19.7. The molecule has 0 atom stereocenters. The molecule has 3 aromatic carbocycles. The van der Waals surface area contributed by atoms with Gasteiger partial charge in [-0.1, -0.05) is 54.6 Å². The predicted octanol–water partition coefficient (Wildman–Crippen LogP) is 7.09. The Morgan fingerprint density at radius 2 is 1.73 bits per heavy atom. The van der Waals surface area contributed by atoms with Crippen LogP contribution in [0.2, 0.25) is 0 Å². The van der Waals surface area contributed by atoms with Gasteiger partial charge in [-0.15, -0.1) is 11.3 Å². The van der Waals surface area contributed by atoms with Crippen LogP contribution in [-0.4, -0.2) is 16.8 Å². The summed E-state index contributed by atoms with van der Waals surface area (Å²) in [6.45, 7) is 1.25. The summed E-state index contributed by atoms with van der Waals surface area (Å²) < 4.78 is 39.4. The number of para-hydroxylation sites is 1. The molecule has 0 spiro atoms. The van der Waals surface area contributed by atoms with Crippen LogP contribution in [0, 0.1) is 0 Å². The van der Waals surface area contributed by atoms with Crippen molar-refractivity contribution in [2.75, 3.05) is 10.2 Å². The number of nitrogens with one attached hydrogen (secondary N) is 1. The molecule has 1 N–H and O–H groups in total. The fraction of sp³-hybridized carbons (Fsp3) is 0.107. The predicted molar refractivity (Wildman–Crippen MR) is 140 cm³/mol. The molecule has 37 heavy (non-hydrogen) atoms. The largest absolute Gasteiger partial charge is 0.416 e. The number of hydrogen-bond donors (Lipinski definition) is 1. The third kappa shape index (κ3) is 6.71. The maximum atomic E-state index is 13.1. The van der Waals surface area contributed by atoms with Crippen LogP contribution in [0.3, 0.4) is 0 Å². The Bertz CT molecular complexity index is 1430. The van der Waals surface area contributed by atoms with Crippen molar-refractivity contribution < 1.29 is 22.8 Å². The fourth-order valence-corrected chi connectivity index (χ4v) is 4.51. The summed E-state index contributed by atoms with van der Waals surface area (Å²) in [6.07, 6.45) is -1.07. The molecule has 5 nitrogen and oxygen atoms in total. The third-order valence-electron chi connectivity index (χ3n) is 5.37. The van der Waals surface area contributed by atoms with Gasteiger partial charge in [0.15, 0.2) is 5.13 Å². The molecule has 0 aliphatic heterocycles. The van der Waals surface area contributed by atoms with Gasteiger partial charge >= 0.3 is 6.18 Å². The van der Waals surface area contributed by atoms with Crippen molar-refractivity contribution >= 4 is 45.7 Å². The highest BCUT2D eigenvalue weighted by Crippen LogP contribution is 2.35. The van der Waals surface area contributed by atoms with Crippen LogP contribution in [0.4, 0.5) is 29.7 Å². The van der Waals surface area contributed by atoms with Gasteiger partial charge in [-0.25, -0.2) is 4.98 Å². The smallest absolute Gasteiger partial charge is 0.322 e. The van der Waals surface area contributed by atoms with Crippen LogP contribution < -0.4 is 10.2 Å². The molecule has 188 valence electrons. The van der Waals surface area contributed by atoms with Crippen LogP contribution in [-0.2, 0) is 22.2 Å². The first kappa shape index (κ1) is 25.8. The summed E-state index contributed by atoms with van der Waals surface area (Å²) in [5.41, 5.74) is 2.35. The molecule has 0 aliphatic carbocycles. The van der Waals surface area contributed by atoms with Crippen LogP contribution in [0.25, 0.3) is 6.08 Å². The van der Waals surface area contributed by atoms with E-state index in [1.807, 2.05) is 54.6 Å². The summed E-state index contributed by atoms with van der Waals surface area (Å²) in [5.74, 6) is -0.853. The van der Waals surface area contributed by atoms with E-state index >= 15 is 0 Å². The number of anilines is 3. The zero-order chi connectivity index (χ0) is 26.4. The molecule has 0 unspecified atom stereocenters. The van der Waals surface area contributed by atoms with Gasteiger partial charge in [0.25, 0.3) is 0 Å². The Kier molecular flexibility index (Phi) is 7.83. The summed E-state index contributed by atoms with van der Waals surface area (Å²) >= 11 is 1.08. The number of benzene rings is 3. The van der Waals surface area contributed by atoms with Gasteiger partial charge in [0.2, 0.25) is 11.8 Å². The quantitative estimate of drug-likeness (QED) is 0.264. The Morgan fingerprint density at radius 1 is 1.00 bits per heavy atom. The highest BCUT2D eigenvalue weighted by molar-refractivity contribution is 7.14. The highest BCUT2D eigenvalue weighted by Gasteiger charge is 2.31. The number of rotatable bonds is 7. The fourth-order valence-electron chi connectivity index (χ4n) is 3.65. The number of hydrogen-bond acceptors (Lipinski definition) is 4. The van der Waals surface area contributed by atoms with E-state index in [2.05, 4.69) is 10.3 Å². The van der Waals surface area contributed by atoms with Crippen LogP contribution >= 0.6 is 11.3 Å². The zero-order valence-corrected chi connectivity index (χ0v) is 20.5. The third-order valence-corrected chi connectivity index (χ3v) is 6.21. The molecule has 4 aromatic rings. The molecule has 0 saturated carbocycles. The van der Waals surface area contributed by atoms with E-state index in [1.54, 1.807) is 5.38 Å². The number of carbonyl (C=O) groups excluding carboxylic acids is 2. The first-order valence-corrected chi connectivity index (χ1v) is 12.1. The maximum Gasteiger partial charge on any atom is 0.416 e. The van der Waals surface area contributed by atoms with Crippen molar-refractivity contribution in [2.45, 2.75) is 19.5 Å². The number of nitrogens with zero attached hydrogens (tertiary/aromatic N) is 2. The van der Waals surface area contributed by atoms with Crippen molar-refractivity contribution in [1.82, 2.24) is 4.98 Å². The molecule has 1 aromatic heterocycles. The lowest BCUT2D eigenvalue weighted by molar-refractivity contribution is -0.137. The molecule has 9 heteroatoms. The molecule has 0 fully saturated rings. The molecule has 2 amide bonds. The first-order chi connectivity index (χ1) is 17.7. The second-order valence-corrected chi connectivity index (χ2v) is 8.94. The minimum Gasteiger partial charge on any atom is -0.322 e. The van der Waals surface area contributed by atoms with E-state index in [0.717, 1.165) is 39.5 Å².